The second-order valence-electron chi connectivity index (χ2n) is 3.63. The molecule has 0 radical (unpaired) electrons. The highest BCUT2D eigenvalue weighted by Gasteiger charge is 2.12. The molecule has 0 aliphatic heterocycles. The summed E-state index contributed by atoms with van der Waals surface area (Å²) in [6.07, 6.45) is 2.64. The van der Waals surface area contributed by atoms with Gasteiger partial charge in [-0.1, -0.05) is 30.3 Å². The first-order chi connectivity index (χ1) is 8.24. The number of nitrogens with two attached hydrogens (primary N) is 1. The molecule has 0 unspecified atom stereocenters. The van der Waals surface area contributed by atoms with Gasteiger partial charge in [-0.15, -0.1) is 0 Å². The van der Waals surface area contributed by atoms with Gasteiger partial charge < -0.3 is 5.73 Å². The minimum atomic E-state index is -0.502. The summed E-state index contributed by atoms with van der Waals surface area (Å²) in [4.78, 5) is 16.6. The smallest absolute Gasteiger partial charge is 0.260 e. The van der Waals surface area contributed by atoms with Gasteiger partial charge in [0.2, 0.25) is 0 Å². The summed E-state index contributed by atoms with van der Waals surface area (Å²) in [7, 11) is 0. The van der Waals surface area contributed by atoms with E-state index in [0.29, 0.717) is 13.0 Å². The number of thioether (sulfide) groups is 1. The molecule has 17 heavy (non-hydrogen) atoms. The van der Waals surface area contributed by atoms with E-state index in [4.69, 9.17) is 10.6 Å². The minimum absolute atomic E-state index is 0.269. The van der Waals surface area contributed by atoms with Crippen molar-refractivity contribution in [3.63, 3.8) is 0 Å². The number of hydrogen-bond acceptors (Lipinski definition) is 4. The summed E-state index contributed by atoms with van der Waals surface area (Å²) in [5.41, 5.74) is 9.05. The van der Waals surface area contributed by atoms with E-state index in [9.17, 15) is 4.79 Å². The molecule has 1 atom stereocenters. The van der Waals surface area contributed by atoms with E-state index in [1.54, 1.807) is 11.8 Å². The Balaban J connectivity index is 2.20. The van der Waals surface area contributed by atoms with Gasteiger partial charge in [-0.3, -0.25) is 9.63 Å². The molecule has 3 N–H and O–H groups in total. The van der Waals surface area contributed by atoms with Gasteiger partial charge in [-0.2, -0.15) is 11.8 Å². The third kappa shape index (κ3) is 5.72. The summed E-state index contributed by atoms with van der Waals surface area (Å²) in [5, 5.41) is 0. The first-order valence-corrected chi connectivity index (χ1v) is 6.83. The molecule has 0 heterocycles. The van der Waals surface area contributed by atoms with Gasteiger partial charge in [-0.25, -0.2) is 5.48 Å². The average Bonchev–Trinajstić information content (AvgIpc) is 2.37. The molecule has 0 fully saturated rings. The number of carbonyl (C=O) groups is 1. The highest BCUT2D eigenvalue weighted by Crippen LogP contribution is 2.00. The predicted molar refractivity (Wildman–Crippen MR) is 70.3 cm³/mol. The van der Waals surface area contributed by atoms with Gasteiger partial charge in [0.1, 0.15) is 0 Å². The van der Waals surface area contributed by atoms with Crippen molar-refractivity contribution in [3.05, 3.63) is 35.9 Å². The molecule has 5 heteroatoms. The SMILES string of the molecule is CSCC[C@@H](N)C(=O)NOCc1ccccc1. The van der Waals surface area contributed by atoms with E-state index in [-0.39, 0.29) is 5.91 Å². The number of hydroxylamine groups is 1. The summed E-state index contributed by atoms with van der Waals surface area (Å²) in [6.45, 7) is 0.349. The second-order valence-corrected chi connectivity index (χ2v) is 4.61. The third-order valence-electron chi connectivity index (χ3n) is 2.22. The van der Waals surface area contributed by atoms with Crippen molar-refractivity contribution < 1.29 is 9.63 Å². The van der Waals surface area contributed by atoms with Crippen LogP contribution in [0.5, 0.6) is 0 Å². The number of rotatable bonds is 7. The predicted octanol–water partition coefficient (Wildman–Crippen LogP) is 1.31. The maximum Gasteiger partial charge on any atom is 0.260 e. The van der Waals surface area contributed by atoms with E-state index in [2.05, 4.69) is 5.48 Å². The zero-order valence-electron chi connectivity index (χ0n) is 9.89. The van der Waals surface area contributed by atoms with E-state index in [1.807, 2.05) is 36.6 Å². The molecule has 0 aliphatic rings. The van der Waals surface area contributed by atoms with E-state index < -0.39 is 6.04 Å². The van der Waals surface area contributed by atoms with E-state index in [0.717, 1.165) is 11.3 Å². The molecule has 0 aliphatic carbocycles. The van der Waals surface area contributed by atoms with Gasteiger partial charge in [-0.05, 0) is 24.0 Å². The number of amides is 1. The van der Waals surface area contributed by atoms with Crippen LogP contribution in [0.4, 0.5) is 0 Å². The summed E-state index contributed by atoms with van der Waals surface area (Å²) >= 11 is 1.67. The number of hydrogen-bond donors (Lipinski definition) is 2. The highest BCUT2D eigenvalue weighted by atomic mass is 32.2. The monoisotopic (exact) mass is 254 g/mol. The van der Waals surface area contributed by atoms with Crippen molar-refractivity contribution in [2.75, 3.05) is 12.0 Å². The first kappa shape index (κ1) is 14.0. The quantitative estimate of drug-likeness (QED) is 0.720. The first-order valence-electron chi connectivity index (χ1n) is 5.44. The van der Waals surface area contributed by atoms with Crippen LogP contribution < -0.4 is 11.2 Å². The largest absolute Gasteiger partial charge is 0.320 e. The highest BCUT2D eigenvalue weighted by molar-refractivity contribution is 7.98. The van der Waals surface area contributed by atoms with Gasteiger partial charge in [0, 0.05) is 0 Å². The van der Waals surface area contributed by atoms with Gasteiger partial charge >= 0.3 is 0 Å². The third-order valence-corrected chi connectivity index (χ3v) is 2.87. The lowest BCUT2D eigenvalue weighted by molar-refractivity contribution is -0.135. The molecule has 0 bridgehead atoms. The maximum absolute atomic E-state index is 11.5. The Morgan fingerprint density at radius 1 is 1.47 bits per heavy atom. The molecule has 0 spiro atoms. The van der Waals surface area contributed by atoms with Crippen LogP contribution in [0.2, 0.25) is 0 Å². The molecule has 0 saturated heterocycles. The van der Waals surface area contributed by atoms with Gasteiger partial charge in [0.05, 0.1) is 12.6 Å². The average molecular weight is 254 g/mol. The zero-order valence-corrected chi connectivity index (χ0v) is 10.7. The van der Waals surface area contributed by atoms with Crippen molar-refractivity contribution in [1.29, 1.82) is 0 Å². The minimum Gasteiger partial charge on any atom is -0.320 e. The van der Waals surface area contributed by atoms with Crippen LogP contribution in [0.25, 0.3) is 0 Å². The summed E-state index contributed by atoms with van der Waals surface area (Å²) in [5.74, 6) is 0.600. The molecule has 0 aromatic heterocycles. The number of benzene rings is 1. The Bertz CT molecular complexity index is 333. The lowest BCUT2D eigenvalue weighted by Crippen LogP contribution is -2.40. The summed E-state index contributed by atoms with van der Waals surface area (Å²) in [6, 6.07) is 9.13. The van der Waals surface area contributed by atoms with Crippen LogP contribution in [-0.4, -0.2) is 24.0 Å². The molecule has 1 amide bonds. The zero-order chi connectivity index (χ0) is 12.5. The lowest BCUT2D eigenvalue weighted by Gasteiger charge is -2.11. The fourth-order valence-electron chi connectivity index (χ4n) is 1.22. The Morgan fingerprint density at radius 3 is 2.82 bits per heavy atom. The molecule has 94 valence electrons. The maximum atomic E-state index is 11.5. The normalized spacial score (nSPS) is 12.1. The Morgan fingerprint density at radius 2 is 2.18 bits per heavy atom. The van der Waals surface area contributed by atoms with E-state index in [1.165, 1.54) is 0 Å². The Labute approximate surface area is 106 Å². The van der Waals surface area contributed by atoms with Gasteiger partial charge in [0.15, 0.2) is 0 Å². The molecule has 4 nitrogen and oxygen atoms in total. The van der Waals surface area contributed by atoms with Crippen molar-refractivity contribution >= 4 is 17.7 Å². The standard InChI is InChI=1S/C12H18N2O2S/c1-17-8-7-11(13)12(15)14-16-9-10-5-3-2-4-6-10/h2-6,11H,7-9,13H2,1H3,(H,14,15)/t11-/m1/s1. The molecular weight excluding hydrogens is 236 g/mol. The second kappa shape index (κ2) is 8.11. The molecule has 0 saturated carbocycles. The van der Waals surface area contributed by atoms with Crippen LogP contribution in [0, 0.1) is 0 Å². The van der Waals surface area contributed by atoms with Crippen molar-refractivity contribution in [2.24, 2.45) is 5.73 Å². The van der Waals surface area contributed by atoms with E-state index >= 15 is 0 Å². The van der Waals surface area contributed by atoms with Crippen molar-refractivity contribution in [3.8, 4) is 0 Å². The van der Waals surface area contributed by atoms with Crippen molar-refractivity contribution in [2.45, 2.75) is 19.1 Å². The summed E-state index contributed by atoms with van der Waals surface area (Å²) < 4.78 is 0. The van der Waals surface area contributed by atoms with Gasteiger partial charge in [0.25, 0.3) is 5.91 Å². The van der Waals surface area contributed by atoms with Crippen molar-refractivity contribution in [1.82, 2.24) is 5.48 Å². The number of carbonyl (C=O) groups excluding carboxylic acids is 1. The number of nitrogens with one attached hydrogen (secondary N) is 1. The Hall–Kier alpha value is -1.04. The molecule has 1 aromatic rings. The topological polar surface area (TPSA) is 64.4 Å². The van der Waals surface area contributed by atoms with Crippen LogP contribution in [-0.2, 0) is 16.2 Å². The lowest BCUT2D eigenvalue weighted by atomic mass is 10.2. The fraction of sp³-hybridized carbons (Fsp3) is 0.417. The Kier molecular flexibility index (Phi) is 6.69. The van der Waals surface area contributed by atoms with Crippen LogP contribution in [0.15, 0.2) is 30.3 Å². The molecule has 1 aromatic carbocycles. The molecular formula is C12H18N2O2S. The van der Waals surface area contributed by atoms with Crippen LogP contribution in [0.1, 0.15) is 12.0 Å². The van der Waals surface area contributed by atoms with Crippen LogP contribution >= 0.6 is 11.8 Å². The molecule has 1 rings (SSSR count). The fourth-order valence-corrected chi connectivity index (χ4v) is 1.71. The van der Waals surface area contributed by atoms with Crippen LogP contribution in [0.3, 0.4) is 0 Å².